The summed E-state index contributed by atoms with van der Waals surface area (Å²) in [7, 11) is 0. The van der Waals surface area contributed by atoms with Crippen LogP contribution in [-0.2, 0) is 0 Å². The topological polar surface area (TPSA) is 41.8 Å². The van der Waals surface area contributed by atoms with Crippen LogP contribution in [0, 0.1) is 0 Å². The molecule has 0 aliphatic carbocycles. The largest absolute Gasteiger partial charge is 0.389 e. The molecule has 3 N–H and O–H groups in total. The van der Waals surface area contributed by atoms with Crippen molar-refractivity contribution in [2.24, 2.45) is 5.73 Å². The van der Waals surface area contributed by atoms with Gasteiger partial charge in [0.2, 0.25) is 0 Å². The molecule has 2 rings (SSSR count). The molecule has 0 aromatic carbocycles. The van der Waals surface area contributed by atoms with Crippen molar-refractivity contribution in [3.05, 3.63) is 23.3 Å². The third-order valence-corrected chi connectivity index (χ3v) is 2.97. The van der Waals surface area contributed by atoms with E-state index < -0.39 is 0 Å². The highest BCUT2D eigenvalue weighted by Gasteiger charge is 2.02. The van der Waals surface area contributed by atoms with Crippen LogP contribution >= 0.6 is 23.6 Å². The Kier molecular flexibility index (Phi) is 1.44. The lowest BCUT2D eigenvalue weighted by Crippen LogP contribution is -2.06. The van der Waals surface area contributed by atoms with E-state index in [-0.39, 0.29) is 0 Å². The Morgan fingerprint density at radius 1 is 1.55 bits per heavy atom. The molecule has 0 aliphatic heterocycles. The highest BCUT2D eigenvalue weighted by atomic mass is 32.1. The minimum Gasteiger partial charge on any atom is -0.389 e. The smallest absolute Gasteiger partial charge is 0.114 e. The van der Waals surface area contributed by atoms with Gasteiger partial charge in [-0.05, 0) is 6.07 Å². The first-order chi connectivity index (χ1) is 5.27. The van der Waals surface area contributed by atoms with Gasteiger partial charge in [-0.2, -0.15) is 0 Å². The molecule has 0 saturated carbocycles. The zero-order chi connectivity index (χ0) is 7.84. The number of aromatic amines is 1. The second kappa shape index (κ2) is 2.32. The fourth-order valence-electron chi connectivity index (χ4n) is 0.973. The van der Waals surface area contributed by atoms with Crippen molar-refractivity contribution in [2.75, 3.05) is 0 Å². The molecule has 0 bridgehead atoms. The normalized spacial score (nSPS) is 10.5. The molecular weight excluding hydrogens is 176 g/mol. The molecule has 0 spiro atoms. The molecule has 2 aromatic heterocycles. The van der Waals surface area contributed by atoms with Crippen molar-refractivity contribution < 1.29 is 0 Å². The van der Waals surface area contributed by atoms with E-state index in [0.717, 1.165) is 4.88 Å². The van der Waals surface area contributed by atoms with Crippen molar-refractivity contribution in [3.8, 4) is 0 Å². The van der Waals surface area contributed by atoms with E-state index in [9.17, 15) is 0 Å². The van der Waals surface area contributed by atoms with E-state index in [2.05, 4.69) is 4.98 Å². The Morgan fingerprint density at radius 2 is 2.36 bits per heavy atom. The monoisotopic (exact) mass is 182 g/mol. The summed E-state index contributed by atoms with van der Waals surface area (Å²) in [5, 5.41) is 1.18. The summed E-state index contributed by atoms with van der Waals surface area (Å²) < 4.78 is 1.20. The fraction of sp³-hybridized carbons (Fsp3) is 0. The lowest BCUT2D eigenvalue weighted by molar-refractivity contribution is 1.43. The molecule has 4 heteroatoms. The van der Waals surface area contributed by atoms with E-state index in [1.165, 1.54) is 10.1 Å². The van der Waals surface area contributed by atoms with Gasteiger partial charge in [0.05, 0.1) is 9.58 Å². The number of thiophene rings is 1. The summed E-state index contributed by atoms with van der Waals surface area (Å²) in [6, 6.07) is 2.00. The van der Waals surface area contributed by atoms with Crippen LogP contribution < -0.4 is 5.73 Å². The fourth-order valence-corrected chi connectivity index (χ4v) is 2.04. The van der Waals surface area contributed by atoms with Crippen molar-refractivity contribution in [1.82, 2.24) is 4.98 Å². The molecule has 0 fully saturated rings. The van der Waals surface area contributed by atoms with Gasteiger partial charge in [-0.3, -0.25) is 0 Å². The third-order valence-electron chi connectivity index (χ3n) is 1.49. The zero-order valence-corrected chi connectivity index (χ0v) is 7.26. The first-order valence-electron chi connectivity index (χ1n) is 3.13. The number of hydrogen-bond acceptors (Lipinski definition) is 2. The summed E-state index contributed by atoms with van der Waals surface area (Å²) >= 11 is 6.46. The molecule has 0 unspecified atom stereocenters. The van der Waals surface area contributed by atoms with Gasteiger partial charge < -0.3 is 10.7 Å². The lowest BCUT2D eigenvalue weighted by atomic mass is 10.4. The van der Waals surface area contributed by atoms with Crippen LogP contribution in [0.4, 0.5) is 0 Å². The van der Waals surface area contributed by atoms with Gasteiger partial charge in [0, 0.05) is 17.8 Å². The van der Waals surface area contributed by atoms with E-state index in [4.69, 9.17) is 18.0 Å². The number of H-pyrrole nitrogens is 1. The molecule has 11 heavy (non-hydrogen) atoms. The van der Waals surface area contributed by atoms with Crippen molar-refractivity contribution in [1.29, 1.82) is 0 Å². The summed E-state index contributed by atoms with van der Waals surface area (Å²) in [6.07, 6.45) is 3.88. The van der Waals surface area contributed by atoms with Gasteiger partial charge in [0.25, 0.3) is 0 Å². The molecule has 0 saturated heterocycles. The Labute approximate surface area is 73.0 Å². The van der Waals surface area contributed by atoms with Gasteiger partial charge >= 0.3 is 0 Å². The van der Waals surface area contributed by atoms with Crippen LogP contribution in [0.25, 0.3) is 10.1 Å². The van der Waals surface area contributed by atoms with E-state index >= 15 is 0 Å². The lowest BCUT2D eigenvalue weighted by Gasteiger charge is -1.85. The van der Waals surface area contributed by atoms with Crippen LogP contribution in [0.3, 0.4) is 0 Å². The SMILES string of the molecule is NC(=S)c1cc2c[nH]cc2s1. The number of hydrogen-bond donors (Lipinski definition) is 2. The Balaban J connectivity index is 2.67. The standard InChI is InChI=1S/C7H6N2S2/c8-7(10)5-1-4-2-9-3-6(4)11-5/h1-3,9H,(H2,8,10). The van der Waals surface area contributed by atoms with Gasteiger partial charge in [0.1, 0.15) is 4.99 Å². The molecule has 56 valence electrons. The number of aromatic nitrogens is 1. The number of nitrogens with two attached hydrogens (primary N) is 1. The Bertz CT molecular complexity index is 371. The van der Waals surface area contributed by atoms with E-state index in [1.807, 2.05) is 18.5 Å². The first kappa shape index (κ1) is 6.82. The van der Waals surface area contributed by atoms with Gasteiger partial charge in [-0.15, -0.1) is 11.3 Å². The molecule has 0 aliphatic rings. The maximum Gasteiger partial charge on any atom is 0.114 e. The van der Waals surface area contributed by atoms with Crippen molar-refractivity contribution in [3.63, 3.8) is 0 Å². The predicted molar refractivity (Wildman–Crippen MR) is 52.1 cm³/mol. The number of rotatable bonds is 1. The maximum absolute atomic E-state index is 5.47. The Hall–Kier alpha value is -0.870. The predicted octanol–water partition coefficient (Wildman–Crippen LogP) is 1.86. The summed E-state index contributed by atoms with van der Waals surface area (Å²) in [5.74, 6) is 0. The second-order valence-electron chi connectivity index (χ2n) is 2.25. The summed E-state index contributed by atoms with van der Waals surface area (Å²) in [5.41, 5.74) is 5.47. The van der Waals surface area contributed by atoms with Gasteiger partial charge in [0.15, 0.2) is 0 Å². The van der Waals surface area contributed by atoms with Crippen molar-refractivity contribution in [2.45, 2.75) is 0 Å². The molecule has 2 nitrogen and oxygen atoms in total. The first-order valence-corrected chi connectivity index (χ1v) is 4.36. The van der Waals surface area contributed by atoms with Crippen LogP contribution in [0.15, 0.2) is 18.5 Å². The molecule has 0 atom stereocenters. The average Bonchev–Trinajstić information content (AvgIpc) is 2.40. The summed E-state index contributed by atoms with van der Waals surface area (Å²) in [6.45, 7) is 0. The quantitative estimate of drug-likeness (QED) is 0.661. The highest BCUT2D eigenvalue weighted by molar-refractivity contribution is 7.81. The average molecular weight is 182 g/mol. The second-order valence-corrected chi connectivity index (χ2v) is 3.77. The van der Waals surface area contributed by atoms with Crippen LogP contribution in [0.1, 0.15) is 4.88 Å². The number of thiocarbonyl (C=S) groups is 1. The third kappa shape index (κ3) is 1.04. The van der Waals surface area contributed by atoms with E-state index in [0.29, 0.717) is 4.99 Å². The highest BCUT2D eigenvalue weighted by Crippen LogP contribution is 2.24. The molecule has 2 aromatic rings. The molecule has 0 amide bonds. The number of fused-ring (bicyclic) bond motifs is 1. The number of nitrogens with one attached hydrogen (secondary N) is 1. The maximum atomic E-state index is 5.47. The zero-order valence-electron chi connectivity index (χ0n) is 5.63. The molecular formula is C7H6N2S2. The molecule has 0 radical (unpaired) electrons. The molecule has 2 heterocycles. The van der Waals surface area contributed by atoms with E-state index in [1.54, 1.807) is 11.3 Å². The van der Waals surface area contributed by atoms with Gasteiger partial charge in [-0.1, -0.05) is 12.2 Å². The van der Waals surface area contributed by atoms with Crippen molar-refractivity contribution >= 4 is 38.6 Å². The minimum atomic E-state index is 0.478. The summed E-state index contributed by atoms with van der Waals surface area (Å²) in [4.78, 5) is 4.47. The van der Waals surface area contributed by atoms with Crippen LogP contribution in [0.2, 0.25) is 0 Å². The van der Waals surface area contributed by atoms with Crippen LogP contribution in [0.5, 0.6) is 0 Å². The van der Waals surface area contributed by atoms with Gasteiger partial charge in [-0.25, -0.2) is 0 Å². The van der Waals surface area contributed by atoms with Crippen LogP contribution in [-0.4, -0.2) is 9.97 Å². The Morgan fingerprint density at radius 3 is 3.00 bits per heavy atom. The minimum absolute atomic E-state index is 0.478.